The molecule has 1 aromatic heterocycles. The fraction of sp³-hybridized carbons (Fsp3) is 0.467. The molecule has 0 aliphatic carbocycles. The van der Waals surface area contributed by atoms with Gasteiger partial charge in [0, 0.05) is 12.1 Å². The van der Waals surface area contributed by atoms with Crippen molar-refractivity contribution in [3.8, 4) is 17.1 Å². The van der Waals surface area contributed by atoms with Gasteiger partial charge in [-0.2, -0.15) is 4.98 Å². The van der Waals surface area contributed by atoms with Gasteiger partial charge in [-0.25, -0.2) is 0 Å². The first-order chi connectivity index (χ1) is 9.71. The molecule has 1 aliphatic heterocycles. The lowest BCUT2D eigenvalue weighted by molar-refractivity contribution is 0.245. The zero-order valence-corrected chi connectivity index (χ0v) is 11.8. The second kappa shape index (κ2) is 5.25. The number of aromatic nitrogens is 2. The van der Waals surface area contributed by atoms with Crippen molar-refractivity contribution in [1.29, 1.82) is 0 Å². The van der Waals surface area contributed by atoms with E-state index in [0.717, 1.165) is 43.1 Å². The Bertz CT molecular complexity index is 571. The summed E-state index contributed by atoms with van der Waals surface area (Å²) in [5.41, 5.74) is 0.879. The SMILES string of the molecule is COc1ccc(-c2noc(C3(C)CCCNC3)n2)cc1. The zero-order chi connectivity index (χ0) is 14.0. The lowest BCUT2D eigenvalue weighted by Gasteiger charge is -2.30. The van der Waals surface area contributed by atoms with E-state index in [4.69, 9.17) is 9.26 Å². The highest BCUT2D eigenvalue weighted by molar-refractivity contribution is 5.55. The van der Waals surface area contributed by atoms with Gasteiger partial charge >= 0.3 is 0 Å². The number of nitrogens with one attached hydrogen (secondary N) is 1. The van der Waals surface area contributed by atoms with Crippen LogP contribution in [0.1, 0.15) is 25.7 Å². The highest BCUT2D eigenvalue weighted by atomic mass is 16.5. The molecule has 3 rings (SSSR count). The standard InChI is InChI=1S/C15H19N3O2/c1-15(8-3-9-16-10-15)14-17-13(18-20-14)11-4-6-12(19-2)7-5-11/h4-7,16H,3,8-10H2,1-2H3. The Balaban J connectivity index is 1.85. The van der Waals surface area contributed by atoms with E-state index >= 15 is 0 Å². The van der Waals surface area contributed by atoms with Crippen molar-refractivity contribution in [1.82, 2.24) is 15.5 Å². The Morgan fingerprint density at radius 1 is 1.30 bits per heavy atom. The van der Waals surface area contributed by atoms with E-state index in [-0.39, 0.29) is 5.41 Å². The molecule has 1 fully saturated rings. The molecule has 0 spiro atoms. The normalized spacial score (nSPS) is 22.7. The molecular weight excluding hydrogens is 254 g/mol. The molecule has 2 heterocycles. The third-order valence-electron chi connectivity index (χ3n) is 3.89. The minimum absolute atomic E-state index is 0.0596. The van der Waals surface area contributed by atoms with Gasteiger partial charge in [-0.05, 0) is 50.6 Å². The van der Waals surface area contributed by atoms with Gasteiger partial charge in [-0.15, -0.1) is 0 Å². The molecule has 1 atom stereocenters. The van der Waals surface area contributed by atoms with Crippen LogP contribution >= 0.6 is 0 Å². The van der Waals surface area contributed by atoms with Gasteiger partial charge in [0.25, 0.3) is 0 Å². The van der Waals surface area contributed by atoms with Crippen molar-refractivity contribution in [3.63, 3.8) is 0 Å². The van der Waals surface area contributed by atoms with Crippen LogP contribution < -0.4 is 10.1 Å². The number of hydrogen-bond acceptors (Lipinski definition) is 5. The lowest BCUT2D eigenvalue weighted by atomic mass is 9.83. The Labute approximate surface area is 118 Å². The van der Waals surface area contributed by atoms with E-state index < -0.39 is 0 Å². The van der Waals surface area contributed by atoms with Crippen LogP contribution in [0.5, 0.6) is 5.75 Å². The minimum atomic E-state index is -0.0596. The summed E-state index contributed by atoms with van der Waals surface area (Å²) in [6.45, 7) is 4.12. The first-order valence-electron chi connectivity index (χ1n) is 6.91. The van der Waals surface area contributed by atoms with Crippen molar-refractivity contribution in [2.75, 3.05) is 20.2 Å². The molecule has 2 aromatic rings. The summed E-state index contributed by atoms with van der Waals surface area (Å²) < 4.78 is 10.6. The van der Waals surface area contributed by atoms with Crippen LogP contribution in [0.15, 0.2) is 28.8 Å². The minimum Gasteiger partial charge on any atom is -0.497 e. The highest BCUT2D eigenvalue weighted by Gasteiger charge is 2.34. The van der Waals surface area contributed by atoms with E-state index in [1.165, 1.54) is 0 Å². The summed E-state index contributed by atoms with van der Waals surface area (Å²) in [7, 11) is 1.65. The first kappa shape index (κ1) is 13.1. The fourth-order valence-corrected chi connectivity index (χ4v) is 2.56. The Morgan fingerprint density at radius 2 is 2.10 bits per heavy atom. The third kappa shape index (κ3) is 2.41. The fourth-order valence-electron chi connectivity index (χ4n) is 2.56. The Morgan fingerprint density at radius 3 is 2.75 bits per heavy atom. The molecule has 1 N–H and O–H groups in total. The Kier molecular flexibility index (Phi) is 3.44. The average Bonchev–Trinajstić information content (AvgIpc) is 2.99. The number of hydrogen-bond donors (Lipinski definition) is 1. The van der Waals surface area contributed by atoms with Crippen molar-refractivity contribution in [3.05, 3.63) is 30.2 Å². The molecule has 1 aliphatic rings. The largest absolute Gasteiger partial charge is 0.497 e. The van der Waals surface area contributed by atoms with Crippen LogP contribution in [-0.2, 0) is 5.41 Å². The number of ether oxygens (including phenoxy) is 1. The van der Waals surface area contributed by atoms with Gasteiger partial charge in [-0.1, -0.05) is 5.16 Å². The number of rotatable bonds is 3. The maximum Gasteiger partial charge on any atom is 0.234 e. The van der Waals surface area contributed by atoms with Crippen LogP contribution in [0.2, 0.25) is 0 Å². The maximum atomic E-state index is 5.49. The quantitative estimate of drug-likeness (QED) is 0.930. The molecule has 1 unspecified atom stereocenters. The van der Waals surface area contributed by atoms with Crippen LogP contribution in [0.25, 0.3) is 11.4 Å². The van der Waals surface area contributed by atoms with Crippen molar-refractivity contribution < 1.29 is 9.26 Å². The number of nitrogens with zero attached hydrogens (tertiary/aromatic N) is 2. The van der Waals surface area contributed by atoms with E-state index in [1.54, 1.807) is 7.11 Å². The van der Waals surface area contributed by atoms with E-state index in [0.29, 0.717) is 5.82 Å². The van der Waals surface area contributed by atoms with Crippen molar-refractivity contribution in [2.45, 2.75) is 25.2 Å². The number of methoxy groups -OCH3 is 1. The van der Waals surface area contributed by atoms with Crippen LogP contribution in [0.3, 0.4) is 0 Å². The predicted octanol–water partition coefficient (Wildman–Crippen LogP) is 2.39. The average molecular weight is 273 g/mol. The van der Waals surface area contributed by atoms with Gasteiger partial charge in [0.2, 0.25) is 11.7 Å². The summed E-state index contributed by atoms with van der Waals surface area (Å²) in [6, 6.07) is 7.67. The molecule has 1 saturated heterocycles. The van der Waals surface area contributed by atoms with Crippen LogP contribution in [0.4, 0.5) is 0 Å². The first-order valence-corrected chi connectivity index (χ1v) is 6.91. The molecule has 0 bridgehead atoms. The summed E-state index contributed by atoms with van der Waals surface area (Å²) in [5.74, 6) is 2.17. The molecule has 5 nitrogen and oxygen atoms in total. The molecule has 0 radical (unpaired) electrons. The van der Waals surface area contributed by atoms with Gasteiger partial charge < -0.3 is 14.6 Å². The van der Waals surface area contributed by atoms with E-state index in [9.17, 15) is 0 Å². The zero-order valence-electron chi connectivity index (χ0n) is 11.8. The molecule has 5 heteroatoms. The van der Waals surface area contributed by atoms with Crippen molar-refractivity contribution in [2.24, 2.45) is 0 Å². The molecule has 20 heavy (non-hydrogen) atoms. The molecular formula is C15H19N3O2. The molecule has 0 saturated carbocycles. The highest BCUT2D eigenvalue weighted by Crippen LogP contribution is 2.31. The predicted molar refractivity (Wildman–Crippen MR) is 75.7 cm³/mol. The van der Waals surface area contributed by atoms with Crippen LogP contribution in [0, 0.1) is 0 Å². The second-order valence-corrected chi connectivity index (χ2v) is 5.49. The van der Waals surface area contributed by atoms with Gasteiger partial charge in [0.1, 0.15) is 5.75 Å². The third-order valence-corrected chi connectivity index (χ3v) is 3.89. The lowest BCUT2D eigenvalue weighted by Crippen LogP contribution is -2.41. The molecule has 1 aromatic carbocycles. The second-order valence-electron chi connectivity index (χ2n) is 5.49. The summed E-state index contributed by atoms with van der Waals surface area (Å²) in [6.07, 6.45) is 2.21. The smallest absolute Gasteiger partial charge is 0.234 e. The van der Waals surface area contributed by atoms with Gasteiger partial charge in [0.15, 0.2) is 0 Å². The molecule has 0 amide bonds. The summed E-state index contributed by atoms with van der Waals surface area (Å²) in [5, 5.41) is 7.50. The topological polar surface area (TPSA) is 60.2 Å². The summed E-state index contributed by atoms with van der Waals surface area (Å²) >= 11 is 0. The van der Waals surface area contributed by atoms with Crippen LogP contribution in [-0.4, -0.2) is 30.3 Å². The Hall–Kier alpha value is -1.88. The van der Waals surface area contributed by atoms with Gasteiger partial charge in [0.05, 0.1) is 12.5 Å². The van der Waals surface area contributed by atoms with E-state index in [1.807, 2.05) is 24.3 Å². The number of benzene rings is 1. The number of piperidine rings is 1. The van der Waals surface area contributed by atoms with Crippen molar-refractivity contribution >= 4 is 0 Å². The summed E-state index contributed by atoms with van der Waals surface area (Å²) in [4.78, 5) is 4.57. The molecule has 106 valence electrons. The monoisotopic (exact) mass is 273 g/mol. The van der Waals surface area contributed by atoms with E-state index in [2.05, 4.69) is 22.4 Å². The maximum absolute atomic E-state index is 5.49. The van der Waals surface area contributed by atoms with Gasteiger partial charge in [-0.3, -0.25) is 0 Å².